The summed E-state index contributed by atoms with van der Waals surface area (Å²) >= 11 is 0. The van der Waals surface area contributed by atoms with Gasteiger partial charge < -0.3 is 9.67 Å². The van der Waals surface area contributed by atoms with Crippen LogP contribution in [0.5, 0.6) is 0 Å². The Bertz CT molecular complexity index is 1060. The Kier molecular flexibility index (Phi) is 3.59. The van der Waals surface area contributed by atoms with Gasteiger partial charge in [0.05, 0.1) is 16.6 Å². The van der Waals surface area contributed by atoms with Gasteiger partial charge in [-0.2, -0.15) is 0 Å². The standard InChI is InChI=1S/C16H7F4NO3/c17-7-1-4-12(11(19)5-7)21-6-9(16(23)24)15(22)8-2-3-10(18)13(20)14(8)21/h1-6H,(H,23,24). The van der Waals surface area contributed by atoms with Crippen LogP contribution in [0.3, 0.4) is 0 Å². The lowest BCUT2D eigenvalue weighted by molar-refractivity contribution is 0.0695. The lowest BCUT2D eigenvalue weighted by atomic mass is 10.1. The molecule has 3 rings (SSSR count). The predicted molar refractivity (Wildman–Crippen MR) is 76.3 cm³/mol. The molecule has 1 aromatic heterocycles. The van der Waals surface area contributed by atoms with E-state index in [9.17, 15) is 27.2 Å². The Morgan fingerprint density at radius 3 is 2.33 bits per heavy atom. The lowest BCUT2D eigenvalue weighted by Gasteiger charge is -2.14. The first-order valence-corrected chi connectivity index (χ1v) is 6.53. The SMILES string of the molecule is O=C(O)c1cn(-c2ccc(F)cc2F)c2c(F)c(F)ccc2c1=O. The van der Waals surface area contributed by atoms with E-state index < -0.39 is 56.8 Å². The fourth-order valence-corrected chi connectivity index (χ4v) is 2.38. The zero-order chi connectivity index (χ0) is 17.6. The Morgan fingerprint density at radius 1 is 1.00 bits per heavy atom. The number of pyridine rings is 1. The number of nitrogens with zero attached hydrogens (tertiary/aromatic N) is 1. The van der Waals surface area contributed by atoms with Crippen LogP contribution in [-0.2, 0) is 0 Å². The summed E-state index contributed by atoms with van der Waals surface area (Å²) in [6, 6.07) is 3.85. The third-order valence-electron chi connectivity index (χ3n) is 3.46. The summed E-state index contributed by atoms with van der Waals surface area (Å²) in [5.41, 5.74) is -2.89. The second-order valence-electron chi connectivity index (χ2n) is 4.90. The molecule has 1 N–H and O–H groups in total. The average Bonchev–Trinajstić information content (AvgIpc) is 2.51. The van der Waals surface area contributed by atoms with Crippen molar-refractivity contribution in [2.45, 2.75) is 0 Å². The van der Waals surface area contributed by atoms with E-state index in [1.165, 1.54) is 0 Å². The summed E-state index contributed by atoms with van der Waals surface area (Å²) in [7, 11) is 0. The number of hydrogen-bond acceptors (Lipinski definition) is 2. The maximum Gasteiger partial charge on any atom is 0.341 e. The maximum absolute atomic E-state index is 14.2. The van der Waals surface area contributed by atoms with Crippen LogP contribution in [0.4, 0.5) is 17.6 Å². The number of halogens is 4. The smallest absolute Gasteiger partial charge is 0.341 e. The topological polar surface area (TPSA) is 59.3 Å². The molecule has 0 radical (unpaired) electrons. The fraction of sp³-hybridized carbons (Fsp3) is 0. The quantitative estimate of drug-likeness (QED) is 0.731. The first-order chi connectivity index (χ1) is 11.3. The molecule has 24 heavy (non-hydrogen) atoms. The number of rotatable bonds is 2. The van der Waals surface area contributed by atoms with E-state index in [1.807, 2.05) is 0 Å². The van der Waals surface area contributed by atoms with Crippen LogP contribution < -0.4 is 5.43 Å². The molecule has 122 valence electrons. The number of fused-ring (bicyclic) bond motifs is 1. The summed E-state index contributed by atoms with van der Waals surface area (Å²) in [4.78, 5) is 23.3. The molecule has 0 bridgehead atoms. The Hall–Kier alpha value is -3.16. The molecule has 4 nitrogen and oxygen atoms in total. The Balaban J connectivity index is 2.54. The first kappa shape index (κ1) is 15.7. The molecule has 2 aromatic carbocycles. The minimum atomic E-state index is -1.62. The van der Waals surface area contributed by atoms with Crippen molar-refractivity contribution < 1.29 is 27.5 Å². The molecule has 0 saturated carbocycles. The van der Waals surface area contributed by atoms with Gasteiger partial charge in [-0.1, -0.05) is 0 Å². The number of carboxylic acid groups (broad SMARTS) is 1. The van der Waals surface area contributed by atoms with Crippen molar-refractivity contribution in [3.63, 3.8) is 0 Å². The number of aromatic nitrogens is 1. The van der Waals surface area contributed by atoms with Gasteiger partial charge in [-0.15, -0.1) is 0 Å². The molecule has 3 aromatic rings. The van der Waals surface area contributed by atoms with E-state index in [1.54, 1.807) is 0 Å². The van der Waals surface area contributed by atoms with Crippen molar-refractivity contribution in [1.29, 1.82) is 0 Å². The minimum Gasteiger partial charge on any atom is -0.477 e. The van der Waals surface area contributed by atoms with E-state index in [-0.39, 0.29) is 0 Å². The maximum atomic E-state index is 14.2. The second kappa shape index (κ2) is 5.48. The van der Waals surface area contributed by atoms with E-state index in [2.05, 4.69) is 0 Å². The third kappa shape index (κ3) is 2.32. The highest BCUT2D eigenvalue weighted by atomic mass is 19.2. The molecule has 0 fully saturated rings. The molecule has 0 saturated heterocycles. The van der Waals surface area contributed by atoms with Gasteiger partial charge in [0.1, 0.15) is 17.2 Å². The zero-order valence-electron chi connectivity index (χ0n) is 11.7. The predicted octanol–water partition coefficient (Wildman–Crippen LogP) is 3.25. The second-order valence-corrected chi connectivity index (χ2v) is 4.90. The molecule has 0 aliphatic rings. The summed E-state index contributed by atoms with van der Waals surface area (Å²) in [5.74, 6) is -6.43. The monoisotopic (exact) mass is 337 g/mol. The number of carboxylic acids is 1. The fourth-order valence-electron chi connectivity index (χ4n) is 2.38. The highest BCUT2D eigenvalue weighted by Crippen LogP contribution is 2.24. The van der Waals surface area contributed by atoms with Gasteiger partial charge in [0.15, 0.2) is 11.6 Å². The largest absolute Gasteiger partial charge is 0.477 e. The first-order valence-electron chi connectivity index (χ1n) is 6.53. The Labute approximate surface area is 131 Å². The molecular weight excluding hydrogens is 330 g/mol. The van der Waals surface area contributed by atoms with Gasteiger partial charge in [0, 0.05) is 12.3 Å². The molecule has 0 spiro atoms. The van der Waals surface area contributed by atoms with Gasteiger partial charge in [0.2, 0.25) is 5.43 Å². The molecule has 0 atom stereocenters. The van der Waals surface area contributed by atoms with E-state index >= 15 is 0 Å². The Morgan fingerprint density at radius 2 is 1.71 bits per heavy atom. The highest BCUT2D eigenvalue weighted by molar-refractivity contribution is 5.93. The summed E-state index contributed by atoms with van der Waals surface area (Å²) < 4.78 is 55.5. The third-order valence-corrected chi connectivity index (χ3v) is 3.46. The van der Waals surface area contributed by atoms with E-state index in [0.29, 0.717) is 22.9 Å². The van der Waals surface area contributed by atoms with Crippen molar-refractivity contribution in [2.24, 2.45) is 0 Å². The number of carbonyl (C=O) groups is 1. The van der Waals surface area contributed by atoms with Crippen molar-refractivity contribution in [2.75, 3.05) is 0 Å². The van der Waals surface area contributed by atoms with Gasteiger partial charge in [-0.3, -0.25) is 4.79 Å². The molecule has 0 aliphatic heterocycles. The molecule has 1 heterocycles. The zero-order valence-corrected chi connectivity index (χ0v) is 11.7. The van der Waals surface area contributed by atoms with Crippen molar-refractivity contribution in [3.05, 3.63) is 75.6 Å². The van der Waals surface area contributed by atoms with Gasteiger partial charge in [-0.25, -0.2) is 22.4 Å². The summed E-state index contributed by atoms with van der Waals surface area (Å²) in [6.45, 7) is 0. The average molecular weight is 337 g/mol. The normalized spacial score (nSPS) is 11.0. The highest BCUT2D eigenvalue weighted by Gasteiger charge is 2.21. The molecule has 0 amide bonds. The summed E-state index contributed by atoms with van der Waals surface area (Å²) in [6.07, 6.45) is 0.672. The van der Waals surface area contributed by atoms with Crippen LogP contribution in [0.1, 0.15) is 10.4 Å². The number of aromatic carboxylic acids is 1. The molecule has 0 aliphatic carbocycles. The molecule has 8 heteroatoms. The van der Waals surface area contributed by atoms with Crippen molar-refractivity contribution >= 4 is 16.9 Å². The van der Waals surface area contributed by atoms with Crippen molar-refractivity contribution in [3.8, 4) is 5.69 Å². The van der Waals surface area contributed by atoms with Gasteiger partial charge in [-0.05, 0) is 24.3 Å². The van der Waals surface area contributed by atoms with Crippen LogP contribution in [-0.4, -0.2) is 15.6 Å². The van der Waals surface area contributed by atoms with Crippen LogP contribution in [0, 0.1) is 23.3 Å². The van der Waals surface area contributed by atoms with Crippen LogP contribution in [0.2, 0.25) is 0 Å². The molecule has 0 unspecified atom stereocenters. The lowest BCUT2D eigenvalue weighted by Crippen LogP contribution is -2.19. The van der Waals surface area contributed by atoms with Crippen LogP contribution in [0.25, 0.3) is 16.6 Å². The van der Waals surface area contributed by atoms with Gasteiger partial charge in [0.25, 0.3) is 0 Å². The molecular formula is C16H7F4NO3. The van der Waals surface area contributed by atoms with Crippen LogP contribution in [0.15, 0.2) is 41.3 Å². The van der Waals surface area contributed by atoms with E-state index in [4.69, 9.17) is 5.11 Å². The minimum absolute atomic E-state index is 0.437. The number of benzene rings is 2. The van der Waals surface area contributed by atoms with Gasteiger partial charge >= 0.3 is 5.97 Å². The van der Waals surface area contributed by atoms with E-state index in [0.717, 1.165) is 18.2 Å². The van der Waals surface area contributed by atoms with Crippen molar-refractivity contribution in [1.82, 2.24) is 4.57 Å². The number of hydrogen-bond donors (Lipinski definition) is 1. The summed E-state index contributed by atoms with van der Waals surface area (Å²) in [5, 5.41) is 8.65. The van der Waals surface area contributed by atoms with Crippen LogP contribution >= 0.6 is 0 Å².